The third-order valence-corrected chi connectivity index (χ3v) is 5.97. The van der Waals surface area contributed by atoms with E-state index in [0.29, 0.717) is 54.0 Å². The van der Waals surface area contributed by atoms with E-state index >= 15 is 0 Å². The molecule has 1 fully saturated rings. The summed E-state index contributed by atoms with van der Waals surface area (Å²) in [5.74, 6) is 0.675. The van der Waals surface area contributed by atoms with Crippen LogP contribution in [-0.2, 0) is 11.2 Å². The molecule has 0 aliphatic carbocycles. The summed E-state index contributed by atoms with van der Waals surface area (Å²) in [6.45, 7) is 2.55. The lowest BCUT2D eigenvalue weighted by Crippen LogP contribution is -2.49. The molecule has 31 heavy (non-hydrogen) atoms. The average Bonchev–Trinajstić information content (AvgIpc) is 3.19. The number of hydrogen-bond donors (Lipinski definition) is 0. The Morgan fingerprint density at radius 3 is 2.45 bits per heavy atom. The molecule has 4 rings (SSSR count). The molecule has 0 saturated carbocycles. The first-order valence-corrected chi connectivity index (χ1v) is 10.6. The van der Waals surface area contributed by atoms with E-state index in [0.717, 1.165) is 11.4 Å². The highest BCUT2D eigenvalue weighted by atomic mass is 35.5. The Balaban J connectivity index is 1.39. The van der Waals surface area contributed by atoms with Gasteiger partial charge in [0.05, 0.1) is 22.7 Å². The summed E-state index contributed by atoms with van der Waals surface area (Å²) in [5, 5.41) is 5.53. The quantitative estimate of drug-likeness (QED) is 0.598. The zero-order valence-corrected chi connectivity index (χ0v) is 18.8. The molecule has 0 bridgehead atoms. The second kappa shape index (κ2) is 8.72. The largest absolute Gasteiger partial charge is 0.352 e. The van der Waals surface area contributed by atoms with Crippen LogP contribution in [0.1, 0.15) is 16.1 Å². The number of carbonyl (C=O) groups is 2. The van der Waals surface area contributed by atoms with Gasteiger partial charge in [0.15, 0.2) is 5.65 Å². The van der Waals surface area contributed by atoms with E-state index in [1.165, 1.54) is 4.90 Å². The van der Waals surface area contributed by atoms with Gasteiger partial charge in [-0.3, -0.25) is 9.59 Å². The number of hydrogen-bond acceptors (Lipinski definition) is 5. The van der Waals surface area contributed by atoms with Crippen molar-refractivity contribution in [3.05, 3.63) is 57.8 Å². The van der Waals surface area contributed by atoms with Crippen LogP contribution in [0.3, 0.4) is 0 Å². The van der Waals surface area contributed by atoms with Crippen molar-refractivity contribution < 1.29 is 9.59 Å². The Bertz CT molecular complexity index is 1140. The summed E-state index contributed by atoms with van der Waals surface area (Å²) in [6, 6.07) is 9.00. The van der Waals surface area contributed by atoms with Crippen molar-refractivity contribution >= 4 is 46.5 Å². The fraction of sp³-hybridized carbons (Fsp3) is 0.333. The molecule has 0 atom stereocenters. The van der Waals surface area contributed by atoms with Crippen LogP contribution in [0.15, 0.2) is 36.5 Å². The van der Waals surface area contributed by atoms with E-state index in [9.17, 15) is 9.59 Å². The van der Waals surface area contributed by atoms with Gasteiger partial charge in [-0.15, -0.1) is 5.10 Å². The van der Waals surface area contributed by atoms with Crippen LogP contribution in [0.5, 0.6) is 0 Å². The number of rotatable bonds is 4. The smallest absolute Gasteiger partial charge is 0.273 e. The lowest BCUT2D eigenvalue weighted by atomic mass is 10.1. The maximum atomic E-state index is 12.7. The van der Waals surface area contributed by atoms with Gasteiger partial charge in [-0.1, -0.05) is 29.3 Å². The van der Waals surface area contributed by atoms with E-state index in [1.54, 1.807) is 36.9 Å². The van der Waals surface area contributed by atoms with Gasteiger partial charge in [-0.2, -0.15) is 0 Å². The van der Waals surface area contributed by atoms with Gasteiger partial charge < -0.3 is 14.7 Å². The molecule has 3 aromatic rings. The van der Waals surface area contributed by atoms with Gasteiger partial charge in [0, 0.05) is 40.3 Å². The molecule has 0 spiro atoms. The molecule has 0 radical (unpaired) electrons. The lowest BCUT2D eigenvalue weighted by molar-refractivity contribution is -0.130. The van der Waals surface area contributed by atoms with Gasteiger partial charge in [0.1, 0.15) is 11.5 Å². The first-order valence-electron chi connectivity index (χ1n) is 9.86. The number of carbonyl (C=O) groups excluding carboxylic acids is 2. The van der Waals surface area contributed by atoms with Gasteiger partial charge in [-0.05, 0) is 29.8 Å². The zero-order chi connectivity index (χ0) is 22.1. The van der Waals surface area contributed by atoms with Crippen molar-refractivity contribution in [2.45, 2.75) is 6.42 Å². The summed E-state index contributed by atoms with van der Waals surface area (Å²) >= 11 is 12.0. The Kier molecular flexibility index (Phi) is 6.02. The lowest BCUT2D eigenvalue weighted by Gasteiger charge is -2.35. The number of imidazole rings is 1. The topological polar surface area (TPSA) is 74.1 Å². The van der Waals surface area contributed by atoms with Crippen LogP contribution in [0, 0.1) is 0 Å². The van der Waals surface area contributed by atoms with Crippen molar-refractivity contribution in [3.8, 4) is 0 Å². The first-order chi connectivity index (χ1) is 14.8. The van der Waals surface area contributed by atoms with Crippen molar-refractivity contribution in [3.63, 3.8) is 0 Å². The van der Waals surface area contributed by atoms with Gasteiger partial charge in [-0.25, -0.2) is 9.50 Å². The number of piperazine rings is 1. The molecule has 2 amide bonds. The normalized spacial score (nSPS) is 14.2. The highest BCUT2D eigenvalue weighted by Gasteiger charge is 2.23. The van der Waals surface area contributed by atoms with Gasteiger partial charge >= 0.3 is 0 Å². The van der Waals surface area contributed by atoms with Crippen LogP contribution in [-0.4, -0.2) is 76.5 Å². The van der Waals surface area contributed by atoms with E-state index in [4.69, 9.17) is 23.2 Å². The number of nitrogens with zero attached hydrogens (tertiary/aromatic N) is 6. The minimum Gasteiger partial charge on any atom is -0.352 e. The molecule has 2 aromatic heterocycles. The molecule has 0 N–H and O–H groups in total. The Hall–Kier alpha value is -2.84. The Morgan fingerprint density at radius 1 is 1.03 bits per heavy atom. The average molecular weight is 461 g/mol. The van der Waals surface area contributed by atoms with Crippen LogP contribution in [0.2, 0.25) is 10.0 Å². The number of amides is 2. The SMILES string of the molecule is CN(C)C(=O)c1cn2nc(N3CCN(C(=O)Cc4ccc(Cl)c(Cl)c4)CC3)ccc2n1. The molecule has 10 heteroatoms. The molecule has 1 aromatic carbocycles. The minimum atomic E-state index is -0.166. The summed E-state index contributed by atoms with van der Waals surface area (Å²) in [4.78, 5) is 34.6. The van der Waals surface area contributed by atoms with Crippen molar-refractivity contribution in [2.75, 3.05) is 45.2 Å². The van der Waals surface area contributed by atoms with Crippen molar-refractivity contribution in [2.24, 2.45) is 0 Å². The second-order valence-electron chi connectivity index (χ2n) is 7.61. The molecular formula is C21H22Cl2N6O2. The first kappa shape index (κ1) is 21.4. The fourth-order valence-corrected chi connectivity index (χ4v) is 3.81. The minimum absolute atomic E-state index is 0.0582. The summed E-state index contributed by atoms with van der Waals surface area (Å²) in [7, 11) is 3.38. The molecule has 3 heterocycles. The summed E-state index contributed by atoms with van der Waals surface area (Å²) in [5.41, 5.74) is 1.81. The highest BCUT2D eigenvalue weighted by Crippen LogP contribution is 2.23. The molecule has 1 saturated heterocycles. The van der Waals surface area contributed by atoms with Crippen LogP contribution in [0.25, 0.3) is 5.65 Å². The number of benzene rings is 1. The number of halogens is 2. The molecule has 162 valence electrons. The number of aromatic nitrogens is 3. The predicted octanol–water partition coefficient (Wildman–Crippen LogP) is 2.63. The third kappa shape index (κ3) is 4.60. The molecular weight excluding hydrogens is 439 g/mol. The van der Waals surface area contributed by atoms with Crippen LogP contribution < -0.4 is 4.90 Å². The molecule has 0 unspecified atom stereocenters. The molecule has 8 nitrogen and oxygen atoms in total. The van der Waals surface area contributed by atoms with E-state index in [1.807, 2.05) is 23.1 Å². The molecule has 1 aliphatic rings. The summed E-state index contributed by atoms with van der Waals surface area (Å²) < 4.78 is 1.62. The zero-order valence-electron chi connectivity index (χ0n) is 17.3. The Labute approximate surface area is 190 Å². The van der Waals surface area contributed by atoms with E-state index < -0.39 is 0 Å². The Morgan fingerprint density at radius 2 is 1.77 bits per heavy atom. The van der Waals surface area contributed by atoms with Crippen LogP contribution >= 0.6 is 23.2 Å². The third-order valence-electron chi connectivity index (χ3n) is 5.23. The fourth-order valence-electron chi connectivity index (χ4n) is 3.49. The second-order valence-corrected chi connectivity index (χ2v) is 8.43. The van der Waals surface area contributed by atoms with Gasteiger partial charge in [0.2, 0.25) is 5.91 Å². The van der Waals surface area contributed by atoms with Crippen molar-refractivity contribution in [1.82, 2.24) is 24.4 Å². The van der Waals surface area contributed by atoms with Gasteiger partial charge in [0.25, 0.3) is 5.91 Å². The maximum Gasteiger partial charge on any atom is 0.273 e. The van der Waals surface area contributed by atoms with E-state index in [-0.39, 0.29) is 11.8 Å². The summed E-state index contributed by atoms with van der Waals surface area (Å²) in [6.07, 6.45) is 1.93. The number of anilines is 1. The highest BCUT2D eigenvalue weighted by molar-refractivity contribution is 6.42. The molecule has 1 aliphatic heterocycles. The maximum absolute atomic E-state index is 12.7. The van der Waals surface area contributed by atoms with Crippen LogP contribution in [0.4, 0.5) is 5.82 Å². The monoisotopic (exact) mass is 460 g/mol. The standard InChI is InChI=1S/C21H22Cl2N6O2/c1-26(2)21(31)17-13-29-18(24-17)5-6-19(25-29)27-7-9-28(10-8-27)20(30)12-14-3-4-15(22)16(23)11-14/h3-6,11,13H,7-10,12H2,1-2H3. The predicted molar refractivity (Wildman–Crippen MR) is 120 cm³/mol. The number of fused-ring (bicyclic) bond motifs is 1. The van der Waals surface area contributed by atoms with E-state index in [2.05, 4.69) is 15.0 Å². The van der Waals surface area contributed by atoms with Crippen molar-refractivity contribution in [1.29, 1.82) is 0 Å².